The maximum Gasteiger partial charge on any atom is 0.135 e. The van der Waals surface area contributed by atoms with E-state index in [9.17, 15) is 0 Å². The lowest BCUT2D eigenvalue weighted by molar-refractivity contribution is 0.775. The number of nitrogens with zero attached hydrogens (tertiary/aromatic N) is 3. The van der Waals surface area contributed by atoms with E-state index < -0.39 is 0 Å². The Balaban J connectivity index is 2.13. The van der Waals surface area contributed by atoms with E-state index in [4.69, 9.17) is 0 Å². The molecular formula is C15H21N5. The molecule has 0 aliphatic rings. The number of rotatable bonds is 6. The molecule has 0 bridgehead atoms. The maximum absolute atomic E-state index is 4.55. The zero-order valence-corrected chi connectivity index (χ0v) is 12.2. The molecule has 5 heteroatoms. The molecule has 0 atom stereocenters. The Kier molecular flexibility index (Phi) is 4.87. The van der Waals surface area contributed by atoms with Crippen LogP contribution in [0.5, 0.6) is 0 Å². The smallest absolute Gasteiger partial charge is 0.135 e. The number of pyridine rings is 1. The molecule has 0 unspecified atom stereocenters. The van der Waals surface area contributed by atoms with Crippen molar-refractivity contribution in [1.82, 2.24) is 15.0 Å². The van der Waals surface area contributed by atoms with Gasteiger partial charge in [-0.3, -0.25) is 4.98 Å². The van der Waals surface area contributed by atoms with Crippen molar-refractivity contribution in [3.05, 3.63) is 42.0 Å². The average molecular weight is 271 g/mol. The number of hydrogen-bond acceptors (Lipinski definition) is 5. The zero-order valence-electron chi connectivity index (χ0n) is 12.2. The van der Waals surface area contributed by atoms with Crippen LogP contribution in [-0.2, 0) is 6.54 Å². The SMILES string of the molecule is CCNc1cc(NCc2cccnc2)nc(C(C)C)n1. The van der Waals surface area contributed by atoms with E-state index in [1.807, 2.05) is 24.4 Å². The lowest BCUT2D eigenvalue weighted by Crippen LogP contribution is -2.09. The third-order valence-electron chi connectivity index (χ3n) is 2.81. The third-order valence-corrected chi connectivity index (χ3v) is 2.81. The second-order valence-electron chi connectivity index (χ2n) is 4.90. The van der Waals surface area contributed by atoms with E-state index in [0.29, 0.717) is 12.5 Å². The molecule has 0 amide bonds. The van der Waals surface area contributed by atoms with Crippen LogP contribution in [0.25, 0.3) is 0 Å². The van der Waals surface area contributed by atoms with Crippen molar-refractivity contribution in [2.45, 2.75) is 33.2 Å². The monoisotopic (exact) mass is 271 g/mol. The summed E-state index contributed by atoms with van der Waals surface area (Å²) in [4.78, 5) is 13.2. The molecule has 0 aliphatic carbocycles. The molecule has 0 radical (unpaired) electrons. The minimum Gasteiger partial charge on any atom is -0.370 e. The molecule has 0 aliphatic heterocycles. The van der Waals surface area contributed by atoms with Crippen LogP contribution in [0.1, 0.15) is 38.1 Å². The van der Waals surface area contributed by atoms with Gasteiger partial charge in [0.1, 0.15) is 17.5 Å². The minimum absolute atomic E-state index is 0.299. The lowest BCUT2D eigenvalue weighted by Gasteiger charge is -2.12. The number of aromatic nitrogens is 3. The van der Waals surface area contributed by atoms with Crippen LogP contribution in [0.15, 0.2) is 30.6 Å². The van der Waals surface area contributed by atoms with Crippen LogP contribution in [0.4, 0.5) is 11.6 Å². The largest absolute Gasteiger partial charge is 0.370 e. The van der Waals surface area contributed by atoms with Crippen molar-refractivity contribution in [3.63, 3.8) is 0 Å². The molecule has 2 N–H and O–H groups in total. The molecule has 106 valence electrons. The maximum atomic E-state index is 4.55. The summed E-state index contributed by atoms with van der Waals surface area (Å²) in [6.07, 6.45) is 3.62. The first-order chi connectivity index (χ1) is 9.69. The fraction of sp³-hybridized carbons (Fsp3) is 0.400. The van der Waals surface area contributed by atoms with Crippen molar-refractivity contribution >= 4 is 11.6 Å². The van der Waals surface area contributed by atoms with Crippen LogP contribution in [-0.4, -0.2) is 21.5 Å². The summed E-state index contributed by atoms with van der Waals surface area (Å²) in [6, 6.07) is 5.90. The number of hydrogen-bond donors (Lipinski definition) is 2. The highest BCUT2D eigenvalue weighted by atomic mass is 15.1. The quantitative estimate of drug-likeness (QED) is 0.845. The molecule has 0 fully saturated rings. The predicted molar refractivity (Wildman–Crippen MR) is 81.8 cm³/mol. The molecule has 2 heterocycles. The first kappa shape index (κ1) is 14.2. The molecule has 0 aromatic carbocycles. The van der Waals surface area contributed by atoms with E-state index in [1.54, 1.807) is 6.20 Å². The standard InChI is InChI=1S/C15H21N5/c1-4-17-13-8-14(20-15(19-13)11(2)3)18-10-12-6-5-7-16-9-12/h5-9,11H,4,10H2,1-3H3,(H2,17,18,19,20). The summed E-state index contributed by atoms with van der Waals surface area (Å²) in [5.74, 6) is 2.84. The molecule has 2 aromatic heterocycles. The normalized spacial score (nSPS) is 10.6. The van der Waals surface area contributed by atoms with Crippen LogP contribution >= 0.6 is 0 Å². The van der Waals surface area contributed by atoms with Gasteiger partial charge in [-0.1, -0.05) is 19.9 Å². The van der Waals surface area contributed by atoms with Gasteiger partial charge in [-0.05, 0) is 18.6 Å². The van der Waals surface area contributed by atoms with Crippen molar-refractivity contribution in [2.75, 3.05) is 17.2 Å². The topological polar surface area (TPSA) is 62.7 Å². The highest BCUT2D eigenvalue weighted by Crippen LogP contribution is 2.17. The van der Waals surface area contributed by atoms with Crippen LogP contribution in [0.2, 0.25) is 0 Å². The van der Waals surface area contributed by atoms with E-state index in [-0.39, 0.29) is 0 Å². The molecule has 2 aromatic rings. The molecule has 0 spiro atoms. The van der Waals surface area contributed by atoms with Gasteiger partial charge in [0.2, 0.25) is 0 Å². The van der Waals surface area contributed by atoms with Crippen molar-refractivity contribution in [2.24, 2.45) is 0 Å². The second kappa shape index (κ2) is 6.84. The summed E-state index contributed by atoms with van der Waals surface area (Å²) in [6.45, 7) is 7.79. The third kappa shape index (κ3) is 3.91. The molecule has 20 heavy (non-hydrogen) atoms. The number of anilines is 2. The molecule has 0 saturated heterocycles. The number of nitrogens with one attached hydrogen (secondary N) is 2. The Morgan fingerprint density at radius 2 is 1.90 bits per heavy atom. The fourth-order valence-electron chi connectivity index (χ4n) is 1.78. The summed E-state index contributed by atoms with van der Waals surface area (Å²) in [7, 11) is 0. The van der Waals surface area contributed by atoms with Gasteiger partial charge in [-0.15, -0.1) is 0 Å². The Hall–Kier alpha value is -2.17. The molecule has 0 saturated carbocycles. The molecular weight excluding hydrogens is 250 g/mol. The lowest BCUT2D eigenvalue weighted by atomic mass is 10.2. The minimum atomic E-state index is 0.299. The Morgan fingerprint density at radius 1 is 1.15 bits per heavy atom. The highest BCUT2D eigenvalue weighted by Gasteiger charge is 2.07. The Morgan fingerprint density at radius 3 is 2.50 bits per heavy atom. The summed E-state index contributed by atoms with van der Waals surface area (Å²) >= 11 is 0. The second-order valence-corrected chi connectivity index (χ2v) is 4.90. The average Bonchev–Trinajstić information content (AvgIpc) is 2.46. The van der Waals surface area contributed by atoms with Gasteiger partial charge in [0.25, 0.3) is 0 Å². The summed E-state index contributed by atoms with van der Waals surface area (Å²) in [5, 5.41) is 6.56. The predicted octanol–water partition coefficient (Wildman–Crippen LogP) is 3.04. The highest BCUT2D eigenvalue weighted by molar-refractivity contribution is 5.48. The molecule has 2 rings (SSSR count). The first-order valence-corrected chi connectivity index (χ1v) is 6.94. The van der Waals surface area contributed by atoms with Gasteiger partial charge < -0.3 is 10.6 Å². The first-order valence-electron chi connectivity index (χ1n) is 6.94. The fourth-order valence-corrected chi connectivity index (χ4v) is 1.78. The summed E-state index contributed by atoms with van der Waals surface area (Å²) in [5.41, 5.74) is 1.13. The zero-order chi connectivity index (χ0) is 14.4. The van der Waals surface area contributed by atoms with Crippen molar-refractivity contribution in [3.8, 4) is 0 Å². The van der Waals surface area contributed by atoms with Crippen molar-refractivity contribution < 1.29 is 0 Å². The van der Waals surface area contributed by atoms with E-state index in [1.165, 1.54) is 0 Å². The Labute approximate surface area is 119 Å². The Bertz CT molecular complexity index is 539. The summed E-state index contributed by atoms with van der Waals surface area (Å²) < 4.78 is 0. The van der Waals surface area contributed by atoms with E-state index in [0.717, 1.165) is 29.6 Å². The van der Waals surface area contributed by atoms with Crippen molar-refractivity contribution in [1.29, 1.82) is 0 Å². The van der Waals surface area contributed by atoms with Gasteiger partial charge in [-0.2, -0.15) is 0 Å². The van der Waals surface area contributed by atoms with Crippen LogP contribution < -0.4 is 10.6 Å². The van der Waals surface area contributed by atoms with Gasteiger partial charge in [0, 0.05) is 37.5 Å². The van der Waals surface area contributed by atoms with E-state index in [2.05, 4.69) is 46.4 Å². The van der Waals surface area contributed by atoms with Gasteiger partial charge in [0.15, 0.2) is 0 Å². The van der Waals surface area contributed by atoms with Gasteiger partial charge >= 0.3 is 0 Å². The molecule has 5 nitrogen and oxygen atoms in total. The van der Waals surface area contributed by atoms with Crippen LogP contribution in [0, 0.1) is 0 Å². The van der Waals surface area contributed by atoms with Crippen LogP contribution in [0.3, 0.4) is 0 Å². The van der Waals surface area contributed by atoms with Gasteiger partial charge in [-0.25, -0.2) is 9.97 Å². The van der Waals surface area contributed by atoms with Gasteiger partial charge in [0.05, 0.1) is 0 Å². The van der Waals surface area contributed by atoms with E-state index >= 15 is 0 Å².